The number of pyridine rings is 1. The van der Waals surface area contributed by atoms with Crippen molar-refractivity contribution in [2.75, 3.05) is 5.32 Å². The number of aromatic amines is 1. The zero-order chi connectivity index (χ0) is 14.5. The van der Waals surface area contributed by atoms with Crippen LogP contribution in [0.2, 0.25) is 0 Å². The molecule has 21 heavy (non-hydrogen) atoms. The molecule has 1 aromatic carbocycles. The van der Waals surface area contributed by atoms with Crippen molar-refractivity contribution in [1.82, 2.24) is 15.2 Å². The normalized spacial score (nSPS) is 10.0. The lowest BCUT2D eigenvalue weighted by atomic mass is 10.1. The van der Waals surface area contributed by atoms with Gasteiger partial charge in [0, 0.05) is 24.6 Å². The van der Waals surface area contributed by atoms with E-state index in [2.05, 4.69) is 44.8 Å². The van der Waals surface area contributed by atoms with Crippen molar-refractivity contribution in [2.45, 2.75) is 6.54 Å². The molecule has 0 bridgehead atoms. The van der Waals surface area contributed by atoms with E-state index in [0.29, 0.717) is 12.2 Å². The summed E-state index contributed by atoms with van der Waals surface area (Å²) in [4.78, 5) is 3.94. The number of hydrogen-bond acceptors (Lipinski definition) is 4. The number of anilines is 1. The van der Waals surface area contributed by atoms with Gasteiger partial charge >= 0.3 is 0 Å². The van der Waals surface area contributed by atoms with Gasteiger partial charge in [-0.3, -0.25) is 5.10 Å². The molecule has 5 heteroatoms. The van der Waals surface area contributed by atoms with E-state index < -0.39 is 0 Å². The first-order chi connectivity index (χ1) is 10.3. The summed E-state index contributed by atoms with van der Waals surface area (Å²) in [6.07, 6.45) is 3.36. The number of H-pyrrole nitrogens is 1. The number of hydrogen-bond donors (Lipinski definition) is 2. The van der Waals surface area contributed by atoms with Crippen LogP contribution in [-0.4, -0.2) is 15.2 Å². The summed E-state index contributed by atoms with van der Waals surface area (Å²) < 4.78 is 0. The van der Waals surface area contributed by atoms with Crippen molar-refractivity contribution in [3.63, 3.8) is 0 Å². The fourth-order valence-corrected chi connectivity index (χ4v) is 2.02. The summed E-state index contributed by atoms with van der Waals surface area (Å²) in [7, 11) is 0. The average Bonchev–Trinajstić information content (AvgIpc) is 3.08. The predicted molar refractivity (Wildman–Crippen MR) is 80.3 cm³/mol. The number of nitrogens with zero attached hydrogens (tertiary/aromatic N) is 3. The van der Waals surface area contributed by atoms with Crippen molar-refractivity contribution in [2.24, 2.45) is 0 Å². The molecule has 2 N–H and O–H groups in total. The summed E-state index contributed by atoms with van der Waals surface area (Å²) in [5.74, 6) is 0. The number of nitriles is 1. The van der Waals surface area contributed by atoms with E-state index in [0.717, 1.165) is 22.5 Å². The third kappa shape index (κ3) is 3.07. The van der Waals surface area contributed by atoms with Crippen LogP contribution in [0.5, 0.6) is 0 Å². The Morgan fingerprint density at radius 3 is 2.67 bits per heavy atom. The predicted octanol–water partition coefficient (Wildman–Crippen LogP) is 2.96. The Hall–Kier alpha value is -3.13. The van der Waals surface area contributed by atoms with Gasteiger partial charge in [0.2, 0.25) is 0 Å². The summed E-state index contributed by atoms with van der Waals surface area (Å²) in [6, 6.07) is 15.8. The topological polar surface area (TPSA) is 77.4 Å². The molecule has 0 amide bonds. The zero-order valence-electron chi connectivity index (χ0n) is 11.2. The van der Waals surface area contributed by atoms with Crippen LogP contribution in [0.4, 0.5) is 5.69 Å². The molecule has 102 valence electrons. The van der Waals surface area contributed by atoms with Crippen LogP contribution < -0.4 is 5.32 Å². The Morgan fingerprint density at radius 2 is 1.95 bits per heavy atom. The molecule has 0 unspecified atom stereocenters. The van der Waals surface area contributed by atoms with Gasteiger partial charge in [0.25, 0.3) is 0 Å². The van der Waals surface area contributed by atoms with Gasteiger partial charge in [-0.1, -0.05) is 24.3 Å². The third-order valence-electron chi connectivity index (χ3n) is 3.14. The van der Waals surface area contributed by atoms with Crippen LogP contribution in [0.25, 0.3) is 11.3 Å². The highest BCUT2D eigenvalue weighted by Gasteiger charge is 2.00. The monoisotopic (exact) mass is 275 g/mol. The fourth-order valence-electron chi connectivity index (χ4n) is 2.02. The second-order valence-corrected chi connectivity index (χ2v) is 4.56. The summed E-state index contributed by atoms with van der Waals surface area (Å²) in [5.41, 5.74) is 4.57. The second kappa shape index (κ2) is 5.88. The molecule has 2 aromatic heterocycles. The Balaban J connectivity index is 1.67. The van der Waals surface area contributed by atoms with E-state index in [-0.39, 0.29) is 0 Å². The molecule has 0 radical (unpaired) electrons. The SMILES string of the molecule is N#Cc1cc(NCc2ccc(-c3ccn[nH]3)cc2)ccn1. The minimum Gasteiger partial charge on any atom is -0.381 e. The number of nitrogens with one attached hydrogen (secondary N) is 2. The largest absolute Gasteiger partial charge is 0.381 e. The van der Waals surface area contributed by atoms with Crippen LogP contribution in [0.3, 0.4) is 0 Å². The van der Waals surface area contributed by atoms with Crippen LogP contribution in [-0.2, 0) is 6.54 Å². The Morgan fingerprint density at radius 1 is 1.10 bits per heavy atom. The molecule has 0 aliphatic heterocycles. The van der Waals surface area contributed by atoms with Crippen LogP contribution in [0, 0.1) is 11.3 Å². The van der Waals surface area contributed by atoms with Crippen molar-refractivity contribution in [3.05, 3.63) is 66.1 Å². The van der Waals surface area contributed by atoms with Crippen LogP contribution in [0.1, 0.15) is 11.3 Å². The standard InChI is InChI=1S/C16H13N5/c17-10-15-9-14(5-7-18-15)19-11-12-1-3-13(4-2-12)16-6-8-20-21-16/h1-9H,11H2,(H,18,19)(H,20,21). The van der Waals surface area contributed by atoms with Gasteiger partial charge < -0.3 is 5.32 Å². The summed E-state index contributed by atoms with van der Waals surface area (Å²) >= 11 is 0. The first-order valence-corrected chi connectivity index (χ1v) is 6.54. The first kappa shape index (κ1) is 12.9. The first-order valence-electron chi connectivity index (χ1n) is 6.54. The van der Waals surface area contributed by atoms with Gasteiger partial charge in [-0.05, 0) is 29.3 Å². The van der Waals surface area contributed by atoms with E-state index in [1.807, 2.05) is 18.2 Å². The van der Waals surface area contributed by atoms with E-state index in [1.165, 1.54) is 0 Å². The quantitative estimate of drug-likeness (QED) is 0.767. The number of benzene rings is 1. The lowest BCUT2D eigenvalue weighted by Crippen LogP contribution is -2.00. The van der Waals surface area contributed by atoms with Gasteiger partial charge in [-0.2, -0.15) is 10.4 Å². The summed E-state index contributed by atoms with van der Waals surface area (Å²) in [5, 5.41) is 19.0. The molecule has 3 aromatic rings. The molecule has 5 nitrogen and oxygen atoms in total. The molecule has 0 atom stereocenters. The lowest BCUT2D eigenvalue weighted by Gasteiger charge is -2.07. The lowest BCUT2D eigenvalue weighted by molar-refractivity contribution is 1.09. The van der Waals surface area contributed by atoms with Crippen molar-refractivity contribution in [3.8, 4) is 17.3 Å². The number of rotatable bonds is 4. The smallest absolute Gasteiger partial charge is 0.142 e. The Labute approximate surface area is 122 Å². The minimum absolute atomic E-state index is 0.412. The highest BCUT2D eigenvalue weighted by atomic mass is 15.1. The number of aromatic nitrogens is 3. The maximum absolute atomic E-state index is 8.82. The van der Waals surface area contributed by atoms with E-state index >= 15 is 0 Å². The molecule has 0 aliphatic carbocycles. The van der Waals surface area contributed by atoms with Gasteiger partial charge in [0.05, 0.1) is 5.69 Å². The van der Waals surface area contributed by atoms with Crippen molar-refractivity contribution >= 4 is 5.69 Å². The Kier molecular flexibility index (Phi) is 3.61. The van der Waals surface area contributed by atoms with Gasteiger partial charge in [0.1, 0.15) is 11.8 Å². The van der Waals surface area contributed by atoms with Crippen molar-refractivity contribution < 1.29 is 0 Å². The molecule has 0 saturated heterocycles. The van der Waals surface area contributed by atoms with Gasteiger partial charge in [-0.25, -0.2) is 4.98 Å². The maximum Gasteiger partial charge on any atom is 0.142 e. The molecule has 2 heterocycles. The minimum atomic E-state index is 0.412. The van der Waals surface area contributed by atoms with Crippen molar-refractivity contribution in [1.29, 1.82) is 5.26 Å². The second-order valence-electron chi connectivity index (χ2n) is 4.56. The van der Waals surface area contributed by atoms with E-state index in [4.69, 9.17) is 5.26 Å². The zero-order valence-corrected chi connectivity index (χ0v) is 11.2. The molecule has 0 saturated carbocycles. The molecule has 3 rings (SSSR count). The Bertz CT molecular complexity index is 754. The van der Waals surface area contributed by atoms with Gasteiger partial charge in [-0.15, -0.1) is 0 Å². The van der Waals surface area contributed by atoms with Crippen LogP contribution in [0.15, 0.2) is 54.9 Å². The molecule has 0 spiro atoms. The molecular formula is C16H13N5. The van der Waals surface area contributed by atoms with E-state index in [1.54, 1.807) is 18.5 Å². The summed E-state index contributed by atoms with van der Waals surface area (Å²) in [6.45, 7) is 0.693. The molecule has 0 aliphatic rings. The van der Waals surface area contributed by atoms with Gasteiger partial charge in [0.15, 0.2) is 0 Å². The maximum atomic E-state index is 8.82. The highest BCUT2D eigenvalue weighted by Crippen LogP contribution is 2.17. The highest BCUT2D eigenvalue weighted by molar-refractivity contribution is 5.58. The average molecular weight is 275 g/mol. The molecular weight excluding hydrogens is 262 g/mol. The van der Waals surface area contributed by atoms with Crippen LogP contribution >= 0.6 is 0 Å². The molecule has 0 fully saturated rings. The third-order valence-corrected chi connectivity index (χ3v) is 3.14. The van der Waals surface area contributed by atoms with E-state index in [9.17, 15) is 0 Å². The fraction of sp³-hybridized carbons (Fsp3) is 0.0625.